The van der Waals surface area contributed by atoms with E-state index in [1.165, 1.54) is 11.3 Å². The normalized spacial score (nSPS) is 13.2. The number of nitrogens with one attached hydrogen (secondary N) is 1. The van der Waals surface area contributed by atoms with E-state index in [9.17, 15) is 9.59 Å². The fraction of sp³-hybridized carbons (Fsp3) is 0.500. The van der Waals surface area contributed by atoms with Crippen LogP contribution in [-0.2, 0) is 4.74 Å². The van der Waals surface area contributed by atoms with Gasteiger partial charge in [0.2, 0.25) is 0 Å². The number of carbonyl (C=O) groups excluding carboxylic acids is 1. The lowest BCUT2D eigenvalue weighted by molar-refractivity contribution is 0.0506. The third-order valence-electron chi connectivity index (χ3n) is 2.85. The Bertz CT molecular complexity index is 776. The van der Waals surface area contributed by atoms with Crippen molar-refractivity contribution in [2.45, 2.75) is 46.3 Å². The van der Waals surface area contributed by atoms with Gasteiger partial charge in [-0.15, -0.1) is 11.3 Å². The molecule has 1 unspecified atom stereocenters. The van der Waals surface area contributed by atoms with E-state index in [2.05, 4.69) is 26.2 Å². The fourth-order valence-corrected chi connectivity index (χ4v) is 3.39. The van der Waals surface area contributed by atoms with Gasteiger partial charge in [0.1, 0.15) is 10.1 Å². The first kappa shape index (κ1) is 17.0. The van der Waals surface area contributed by atoms with Crippen LogP contribution in [-0.4, -0.2) is 21.1 Å². The van der Waals surface area contributed by atoms with E-state index < -0.39 is 17.7 Å². The molecule has 6 nitrogen and oxygen atoms in total. The highest BCUT2D eigenvalue weighted by Crippen LogP contribution is 2.22. The number of halogens is 1. The molecule has 2 heterocycles. The van der Waals surface area contributed by atoms with Gasteiger partial charge in [0.05, 0.1) is 11.7 Å². The van der Waals surface area contributed by atoms with E-state index in [0.717, 1.165) is 5.69 Å². The molecule has 2 rings (SSSR count). The standard InChI is InChI=1S/C14H18BrN3O3S/c1-7-6-22-12-17-10(9(15)11(19)18(7)12)8(2)16-13(20)21-14(3,4)5/h6,8H,1-5H3,(H,16,20). The largest absolute Gasteiger partial charge is 0.444 e. The number of ether oxygens (including phenoxy) is 1. The fourth-order valence-electron chi connectivity index (χ4n) is 1.92. The molecular weight excluding hydrogens is 370 g/mol. The predicted molar refractivity (Wildman–Crippen MR) is 89.6 cm³/mol. The first-order valence-corrected chi connectivity index (χ1v) is 8.43. The van der Waals surface area contributed by atoms with Gasteiger partial charge in [-0.05, 0) is 50.5 Å². The third-order valence-corrected chi connectivity index (χ3v) is 4.54. The molecule has 0 aliphatic carbocycles. The third kappa shape index (κ3) is 3.49. The summed E-state index contributed by atoms with van der Waals surface area (Å²) in [6.45, 7) is 8.98. The number of amides is 1. The van der Waals surface area contributed by atoms with Crippen LogP contribution in [0, 0.1) is 6.92 Å². The van der Waals surface area contributed by atoms with E-state index in [4.69, 9.17) is 4.74 Å². The SMILES string of the molecule is Cc1csc2nc(C(C)NC(=O)OC(C)(C)C)c(Br)c(=O)n12. The van der Waals surface area contributed by atoms with E-state index in [1.54, 1.807) is 32.1 Å². The molecule has 120 valence electrons. The Morgan fingerprint density at radius 1 is 1.50 bits per heavy atom. The molecule has 2 aromatic heterocycles. The average Bonchev–Trinajstić information content (AvgIpc) is 2.72. The summed E-state index contributed by atoms with van der Waals surface area (Å²) in [4.78, 5) is 29.3. The first-order chi connectivity index (χ1) is 10.1. The summed E-state index contributed by atoms with van der Waals surface area (Å²) in [6, 6.07) is -0.454. The number of carbonyl (C=O) groups is 1. The lowest BCUT2D eigenvalue weighted by atomic mass is 10.2. The Morgan fingerprint density at radius 3 is 2.73 bits per heavy atom. The van der Waals surface area contributed by atoms with Crippen LogP contribution in [0.2, 0.25) is 0 Å². The number of hydrogen-bond donors (Lipinski definition) is 1. The number of thiazole rings is 1. The van der Waals surface area contributed by atoms with Crippen LogP contribution in [0.1, 0.15) is 45.1 Å². The van der Waals surface area contributed by atoms with Crippen LogP contribution in [0.15, 0.2) is 14.6 Å². The molecule has 0 aromatic carbocycles. The molecule has 0 spiro atoms. The van der Waals surface area contributed by atoms with Gasteiger partial charge in [0.15, 0.2) is 4.96 Å². The number of rotatable bonds is 2. The number of aromatic nitrogens is 2. The Labute approximate surface area is 140 Å². The van der Waals surface area contributed by atoms with Crippen molar-refractivity contribution in [2.24, 2.45) is 0 Å². The molecule has 1 atom stereocenters. The molecule has 1 amide bonds. The van der Waals surface area contributed by atoms with Crippen LogP contribution >= 0.6 is 27.3 Å². The van der Waals surface area contributed by atoms with Gasteiger partial charge in [-0.1, -0.05) is 0 Å². The number of nitrogens with zero attached hydrogens (tertiary/aromatic N) is 2. The monoisotopic (exact) mass is 387 g/mol. The minimum absolute atomic E-state index is 0.184. The predicted octanol–water partition coefficient (Wildman–Crippen LogP) is 3.41. The molecule has 22 heavy (non-hydrogen) atoms. The van der Waals surface area contributed by atoms with Gasteiger partial charge in [-0.25, -0.2) is 9.78 Å². The Hall–Kier alpha value is -1.41. The Kier molecular flexibility index (Phi) is 4.62. The number of fused-ring (bicyclic) bond motifs is 1. The topological polar surface area (TPSA) is 72.7 Å². The summed E-state index contributed by atoms with van der Waals surface area (Å²) in [5.41, 5.74) is 0.551. The first-order valence-electron chi connectivity index (χ1n) is 6.76. The molecule has 0 saturated heterocycles. The lowest BCUT2D eigenvalue weighted by Gasteiger charge is -2.22. The van der Waals surface area contributed by atoms with Crippen molar-refractivity contribution >= 4 is 38.3 Å². The zero-order chi connectivity index (χ0) is 16.7. The Morgan fingerprint density at radius 2 is 2.14 bits per heavy atom. The van der Waals surface area contributed by atoms with Crippen molar-refractivity contribution in [3.8, 4) is 0 Å². The smallest absolute Gasteiger partial charge is 0.408 e. The maximum atomic E-state index is 12.4. The maximum absolute atomic E-state index is 12.4. The summed E-state index contributed by atoms with van der Waals surface area (Å²) in [6.07, 6.45) is -0.545. The van der Waals surface area contributed by atoms with Gasteiger partial charge < -0.3 is 10.1 Å². The second-order valence-electron chi connectivity index (χ2n) is 5.98. The molecule has 0 aliphatic heterocycles. The molecule has 0 radical (unpaired) electrons. The maximum Gasteiger partial charge on any atom is 0.408 e. The van der Waals surface area contributed by atoms with Crippen molar-refractivity contribution < 1.29 is 9.53 Å². The molecule has 2 aromatic rings. The number of aryl methyl sites for hydroxylation is 1. The van der Waals surface area contributed by atoms with Crippen molar-refractivity contribution in [1.29, 1.82) is 0 Å². The molecular formula is C14H18BrN3O3S. The minimum atomic E-state index is -0.581. The highest BCUT2D eigenvalue weighted by molar-refractivity contribution is 9.10. The minimum Gasteiger partial charge on any atom is -0.444 e. The Balaban J connectivity index is 2.33. The molecule has 8 heteroatoms. The van der Waals surface area contributed by atoms with Gasteiger partial charge in [-0.3, -0.25) is 9.20 Å². The summed E-state index contributed by atoms with van der Waals surface area (Å²) in [5.74, 6) is 0. The molecule has 0 aliphatic rings. The van der Waals surface area contributed by atoms with Crippen LogP contribution in [0.25, 0.3) is 4.96 Å². The van der Waals surface area contributed by atoms with E-state index >= 15 is 0 Å². The quantitative estimate of drug-likeness (QED) is 0.856. The van der Waals surface area contributed by atoms with E-state index in [-0.39, 0.29) is 5.56 Å². The zero-order valence-electron chi connectivity index (χ0n) is 13.1. The van der Waals surface area contributed by atoms with Crippen LogP contribution in [0.5, 0.6) is 0 Å². The molecule has 0 bridgehead atoms. The number of alkyl carbamates (subject to hydrolysis) is 1. The van der Waals surface area contributed by atoms with Crippen LogP contribution in [0.4, 0.5) is 4.79 Å². The van der Waals surface area contributed by atoms with Gasteiger partial charge in [0, 0.05) is 11.1 Å². The molecule has 0 fully saturated rings. The van der Waals surface area contributed by atoms with Crippen molar-refractivity contribution in [1.82, 2.24) is 14.7 Å². The average molecular weight is 388 g/mol. The molecule has 0 saturated carbocycles. The van der Waals surface area contributed by atoms with Crippen LogP contribution in [0.3, 0.4) is 0 Å². The highest BCUT2D eigenvalue weighted by atomic mass is 79.9. The number of hydrogen-bond acceptors (Lipinski definition) is 5. The summed E-state index contributed by atoms with van der Waals surface area (Å²) >= 11 is 4.67. The van der Waals surface area contributed by atoms with Gasteiger partial charge in [-0.2, -0.15) is 0 Å². The van der Waals surface area contributed by atoms with Crippen molar-refractivity contribution in [2.75, 3.05) is 0 Å². The molecule has 1 N–H and O–H groups in total. The second kappa shape index (κ2) is 6.00. The van der Waals surface area contributed by atoms with Crippen molar-refractivity contribution in [3.05, 3.63) is 31.6 Å². The lowest BCUT2D eigenvalue weighted by Crippen LogP contribution is -2.35. The van der Waals surface area contributed by atoms with E-state index in [1.807, 2.05) is 12.3 Å². The van der Waals surface area contributed by atoms with E-state index in [0.29, 0.717) is 15.1 Å². The summed E-state index contributed by atoms with van der Waals surface area (Å²) in [5, 5.41) is 4.56. The summed E-state index contributed by atoms with van der Waals surface area (Å²) in [7, 11) is 0. The van der Waals surface area contributed by atoms with Gasteiger partial charge >= 0.3 is 6.09 Å². The second-order valence-corrected chi connectivity index (χ2v) is 7.61. The van der Waals surface area contributed by atoms with Gasteiger partial charge in [0.25, 0.3) is 5.56 Å². The van der Waals surface area contributed by atoms with Crippen LogP contribution < -0.4 is 10.9 Å². The van der Waals surface area contributed by atoms with Crippen molar-refractivity contribution in [3.63, 3.8) is 0 Å². The highest BCUT2D eigenvalue weighted by Gasteiger charge is 2.22. The zero-order valence-corrected chi connectivity index (χ0v) is 15.5. The summed E-state index contributed by atoms with van der Waals surface area (Å²) < 4.78 is 7.10.